The zero-order valence-corrected chi connectivity index (χ0v) is 14.4. The van der Waals surface area contributed by atoms with Crippen LogP contribution in [0.1, 0.15) is 0 Å². The SMILES string of the molecule is O=[S+](Oc1ccc2ccccc2c1)(c1ccccc1)c1ccccc1. The lowest BCUT2D eigenvalue weighted by atomic mass is 10.1. The molecule has 4 aromatic rings. The Balaban J connectivity index is 1.82. The van der Waals surface area contributed by atoms with Crippen LogP contribution in [0.15, 0.2) is 113 Å². The van der Waals surface area contributed by atoms with Crippen LogP contribution in [0.5, 0.6) is 5.75 Å². The molecule has 3 heteroatoms. The van der Waals surface area contributed by atoms with Crippen LogP contribution in [0.25, 0.3) is 10.8 Å². The predicted molar refractivity (Wildman–Crippen MR) is 102 cm³/mol. The monoisotopic (exact) mass is 345 g/mol. The molecule has 0 aliphatic carbocycles. The van der Waals surface area contributed by atoms with E-state index in [0.717, 1.165) is 10.8 Å². The molecule has 0 radical (unpaired) electrons. The molecule has 2 nitrogen and oxygen atoms in total. The lowest BCUT2D eigenvalue weighted by Crippen LogP contribution is -2.19. The lowest BCUT2D eigenvalue weighted by Gasteiger charge is -2.12. The molecule has 0 unspecified atom stereocenters. The predicted octanol–water partition coefficient (Wildman–Crippen LogP) is 5.75. The van der Waals surface area contributed by atoms with Gasteiger partial charge in [0.15, 0.2) is 5.75 Å². The number of hydrogen-bond acceptors (Lipinski definition) is 2. The minimum atomic E-state index is -2.87. The molecule has 0 atom stereocenters. The van der Waals surface area contributed by atoms with Crippen molar-refractivity contribution in [1.29, 1.82) is 0 Å². The van der Waals surface area contributed by atoms with Crippen molar-refractivity contribution in [2.24, 2.45) is 0 Å². The first-order valence-electron chi connectivity index (χ1n) is 8.08. The van der Waals surface area contributed by atoms with E-state index in [-0.39, 0.29) is 0 Å². The summed E-state index contributed by atoms with van der Waals surface area (Å²) >= 11 is 0. The van der Waals surface area contributed by atoms with Crippen molar-refractivity contribution in [2.75, 3.05) is 0 Å². The fourth-order valence-corrected chi connectivity index (χ4v) is 4.66. The van der Waals surface area contributed by atoms with Crippen LogP contribution in [0.3, 0.4) is 0 Å². The molecule has 0 spiro atoms. The quantitative estimate of drug-likeness (QED) is 0.440. The Morgan fingerprint density at radius 3 is 1.68 bits per heavy atom. The third-order valence-corrected chi connectivity index (χ3v) is 6.25. The summed E-state index contributed by atoms with van der Waals surface area (Å²) in [6, 6.07) is 32.5. The third-order valence-electron chi connectivity index (χ3n) is 4.04. The molecule has 0 fully saturated rings. The Bertz CT molecular complexity index is 1000. The number of fused-ring (bicyclic) bond motifs is 1. The molecule has 4 aromatic carbocycles. The largest absolute Gasteiger partial charge is 0.325 e. The highest BCUT2D eigenvalue weighted by molar-refractivity contribution is 7.99. The Hall–Kier alpha value is -2.91. The molecule has 0 saturated heterocycles. The van der Waals surface area contributed by atoms with Gasteiger partial charge in [-0.25, -0.2) is 0 Å². The average molecular weight is 345 g/mol. The van der Waals surface area contributed by atoms with Crippen LogP contribution in [0.2, 0.25) is 0 Å². The van der Waals surface area contributed by atoms with E-state index < -0.39 is 10.2 Å². The van der Waals surface area contributed by atoms with Crippen LogP contribution in [0, 0.1) is 0 Å². The number of rotatable bonds is 4. The summed E-state index contributed by atoms with van der Waals surface area (Å²) in [4.78, 5) is 1.32. The maximum atomic E-state index is 13.9. The molecular formula is C22H17O2S+. The average Bonchev–Trinajstić information content (AvgIpc) is 2.69. The summed E-state index contributed by atoms with van der Waals surface area (Å²) in [7, 11) is -2.87. The molecule has 0 heterocycles. The van der Waals surface area contributed by atoms with Gasteiger partial charge in [-0.05, 0) is 51.4 Å². The highest BCUT2D eigenvalue weighted by Crippen LogP contribution is 2.33. The van der Waals surface area contributed by atoms with Gasteiger partial charge in [0.1, 0.15) is 0 Å². The summed E-state index contributed by atoms with van der Waals surface area (Å²) in [5.74, 6) is 0.594. The van der Waals surface area contributed by atoms with E-state index in [1.807, 2.05) is 103 Å². The lowest BCUT2D eigenvalue weighted by molar-refractivity contribution is 0.499. The van der Waals surface area contributed by atoms with E-state index >= 15 is 0 Å². The van der Waals surface area contributed by atoms with E-state index in [4.69, 9.17) is 4.18 Å². The fourth-order valence-electron chi connectivity index (χ4n) is 2.79. The fraction of sp³-hybridized carbons (Fsp3) is 0. The maximum Gasteiger partial charge on any atom is 0.325 e. The Kier molecular flexibility index (Phi) is 4.08. The molecular weight excluding hydrogens is 328 g/mol. The molecule has 0 aromatic heterocycles. The van der Waals surface area contributed by atoms with Gasteiger partial charge in [0, 0.05) is 0 Å². The van der Waals surface area contributed by atoms with Crippen LogP contribution < -0.4 is 4.18 Å². The topological polar surface area (TPSA) is 26.3 Å². The van der Waals surface area contributed by atoms with Crippen molar-refractivity contribution >= 4 is 21.0 Å². The van der Waals surface area contributed by atoms with E-state index in [9.17, 15) is 4.21 Å². The first-order valence-corrected chi connectivity index (χ1v) is 9.57. The zero-order chi connectivity index (χ0) is 17.1. The first-order chi connectivity index (χ1) is 12.3. The van der Waals surface area contributed by atoms with Crippen LogP contribution in [-0.4, -0.2) is 0 Å². The van der Waals surface area contributed by atoms with Crippen LogP contribution in [-0.2, 0) is 14.4 Å². The van der Waals surface area contributed by atoms with Gasteiger partial charge >= 0.3 is 10.2 Å². The Morgan fingerprint density at radius 1 is 0.560 bits per heavy atom. The van der Waals surface area contributed by atoms with Crippen molar-refractivity contribution in [2.45, 2.75) is 9.79 Å². The van der Waals surface area contributed by atoms with Gasteiger partial charge in [0.05, 0.1) is 0 Å². The van der Waals surface area contributed by atoms with Crippen molar-refractivity contribution in [1.82, 2.24) is 0 Å². The van der Waals surface area contributed by atoms with Gasteiger partial charge < -0.3 is 0 Å². The molecule has 0 bridgehead atoms. The van der Waals surface area contributed by atoms with Gasteiger partial charge in [-0.2, -0.15) is 0 Å². The van der Waals surface area contributed by atoms with E-state index in [2.05, 4.69) is 0 Å². The maximum absolute atomic E-state index is 13.9. The summed E-state index contributed by atoms with van der Waals surface area (Å²) in [5.41, 5.74) is 0. The molecule has 122 valence electrons. The first kappa shape index (κ1) is 15.6. The second kappa shape index (κ2) is 6.54. The molecule has 25 heavy (non-hydrogen) atoms. The van der Waals surface area contributed by atoms with E-state index in [0.29, 0.717) is 15.5 Å². The highest BCUT2D eigenvalue weighted by atomic mass is 32.3. The Morgan fingerprint density at radius 2 is 1.08 bits per heavy atom. The van der Waals surface area contributed by atoms with Gasteiger partial charge in [-0.3, -0.25) is 4.18 Å². The van der Waals surface area contributed by atoms with E-state index in [1.54, 1.807) is 0 Å². The third kappa shape index (κ3) is 3.06. The van der Waals surface area contributed by atoms with Crippen LogP contribution >= 0.6 is 0 Å². The number of benzene rings is 4. The van der Waals surface area contributed by atoms with E-state index in [1.165, 1.54) is 0 Å². The second-order valence-corrected chi connectivity index (χ2v) is 7.84. The Labute approximate surface area is 148 Å². The molecule has 0 aliphatic rings. The van der Waals surface area contributed by atoms with Gasteiger partial charge in [-0.15, -0.1) is 0 Å². The summed E-state index contributed by atoms with van der Waals surface area (Å²) in [6.45, 7) is 0. The molecule has 0 amide bonds. The zero-order valence-electron chi connectivity index (χ0n) is 13.5. The van der Waals surface area contributed by atoms with Crippen molar-refractivity contribution in [3.63, 3.8) is 0 Å². The summed E-state index contributed by atoms with van der Waals surface area (Å²) in [5, 5.41) is 2.18. The van der Waals surface area contributed by atoms with Crippen molar-refractivity contribution in [3.05, 3.63) is 103 Å². The molecule has 4 rings (SSSR count). The minimum absolute atomic E-state index is 0.594. The highest BCUT2D eigenvalue weighted by Gasteiger charge is 2.38. The van der Waals surface area contributed by atoms with Crippen molar-refractivity contribution in [3.8, 4) is 5.75 Å². The summed E-state index contributed by atoms with van der Waals surface area (Å²) < 4.78 is 20.0. The smallest absolute Gasteiger partial charge is 0.275 e. The molecule has 0 saturated carbocycles. The van der Waals surface area contributed by atoms with Gasteiger partial charge in [0.25, 0.3) is 0 Å². The minimum Gasteiger partial charge on any atom is -0.275 e. The second-order valence-electron chi connectivity index (χ2n) is 5.72. The van der Waals surface area contributed by atoms with Gasteiger partial charge in [0.2, 0.25) is 9.79 Å². The standard InChI is InChI=1S/C22H17O2S/c23-25(21-11-3-1-4-12-21,22-13-5-2-6-14-22)24-20-16-15-18-9-7-8-10-19(18)17-20/h1-17H/q+1. The molecule has 0 aliphatic heterocycles. The van der Waals surface area contributed by atoms with Crippen molar-refractivity contribution < 1.29 is 8.39 Å². The van der Waals surface area contributed by atoms with Crippen LogP contribution in [0.4, 0.5) is 0 Å². The number of hydrogen-bond donors (Lipinski definition) is 0. The molecule has 0 N–H and O–H groups in total. The summed E-state index contributed by atoms with van der Waals surface area (Å²) in [6.07, 6.45) is 0. The van der Waals surface area contributed by atoms with Gasteiger partial charge in [-0.1, -0.05) is 66.7 Å². The normalized spacial score (nSPS) is 11.4.